The molecular weight excluding hydrogens is 383 g/mol. The normalized spacial score (nSPS) is 17.5. The molecule has 6 heteroatoms. The van der Waals surface area contributed by atoms with Crippen molar-refractivity contribution >= 4 is 38.1 Å². The van der Waals surface area contributed by atoms with Gasteiger partial charge in [-0.2, -0.15) is 0 Å². The van der Waals surface area contributed by atoms with Gasteiger partial charge in [0.25, 0.3) is 0 Å². The molecule has 1 saturated heterocycles. The molecule has 0 bridgehead atoms. The maximum absolute atomic E-state index is 13.5. The Kier molecular flexibility index (Phi) is 5.12. The number of fused-ring (bicyclic) bond motifs is 2. The minimum atomic E-state index is -0.225. The molecule has 1 N–H and O–H groups in total. The molecule has 1 unspecified atom stereocenters. The number of pyridine rings is 1. The van der Waals surface area contributed by atoms with Crippen LogP contribution in [-0.4, -0.2) is 29.1 Å². The summed E-state index contributed by atoms with van der Waals surface area (Å²) < 4.78 is 14.7. The van der Waals surface area contributed by atoms with E-state index in [9.17, 15) is 4.39 Å². The van der Waals surface area contributed by atoms with Crippen LogP contribution in [-0.2, 0) is 6.54 Å². The second kappa shape index (κ2) is 8.05. The Labute approximate surface area is 173 Å². The molecule has 29 heavy (non-hydrogen) atoms. The molecule has 2 aromatic heterocycles. The number of anilines is 1. The number of hydrogen-bond donors (Lipinski definition) is 1. The third-order valence-electron chi connectivity index (χ3n) is 5.67. The summed E-state index contributed by atoms with van der Waals surface area (Å²) >= 11 is 1.68. The quantitative estimate of drug-likeness (QED) is 0.510. The van der Waals surface area contributed by atoms with Crippen molar-refractivity contribution in [3.8, 4) is 0 Å². The predicted molar refractivity (Wildman–Crippen MR) is 118 cm³/mol. The van der Waals surface area contributed by atoms with Gasteiger partial charge < -0.3 is 10.2 Å². The van der Waals surface area contributed by atoms with Gasteiger partial charge in [-0.3, -0.25) is 4.98 Å². The Morgan fingerprint density at radius 3 is 2.93 bits per heavy atom. The van der Waals surface area contributed by atoms with Crippen LogP contribution < -0.4 is 10.2 Å². The van der Waals surface area contributed by atoms with Gasteiger partial charge in [0, 0.05) is 17.1 Å². The second-order valence-corrected chi connectivity index (χ2v) is 8.49. The van der Waals surface area contributed by atoms with Crippen molar-refractivity contribution in [2.75, 3.05) is 18.0 Å². The van der Waals surface area contributed by atoms with E-state index in [1.54, 1.807) is 23.5 Å². The molecule has 0 spiro atoms. The molecule has 3 heterocycles. The molecule has 5 rings (SSSR count). The molecule has 4 aromatic rings. The Bertz CT molecular complexity index is 1130. The Hall–Kier alpha value is -2.57. The number of nitrogens with zero attached hydrogens (tertiary/aromatic N) is 3. The van der Waals surface area contributed by atoms with E-state index in [1.165, 1.54) is 22.9 Å². The summed E-state index contributed by atoms with van der Waals surface area (Å²) in [5.74, 6) is -0.225. The molecule has 0 aliphatic carbocycles. The molecule has 0 amide bonds. The van der Waals surface area contributed by atoms with Gasteiger partial charge in [-0.15, -0.1) is 11.3 Å². The Morgan fingerprint density at radius 2 is 1.97 bits per heavy atom. The lowest BCUT2D eigenvalue weighted by atomic mass is 10.1. The first-order valence-corrected chi connectivity index (χ1v) is 11.0. The van der Waals surface area contributed by atoms with Gasteiger partial charge in [0.05, 0.1) is 33.5 Å². The van der Waals surface area contributed by atoms with Crippen molar-refractivity contribution in [3.05, 3.63) is 65.6 Å². The fourth-order valence-corrected chi connectivity index (χ4v) is 4.88. The highest BCUT2D eigenvalue weighted by Crippen LogP contribution is 2.29. The lowest BCUT2D eigenvalue weighted by molar-refractivity contribution is 0.532. The van der Waals surface area contributed by atoms with Crippen LogP contribution in [0, 0.1) is 5.82 Å². The summed E-state index contributed by atoms with van der Waals surface area (Å²) in [6.45, 7) is 2.86. The SMILES string of the molecule is Fc1ccc2nc(CN(c3ccc4ncsc4c3)C3CCCNCC3)ccc2c1. The van der Waals surface area contributed by atoms with E-state index in [1.807, 2.05) is 17.6 Å². The van der Waals surface area contributed by atoms with Crippen LogP contribution in [0.3, 0.4) is 0 Å². The molecule has 1 atom stereocenters. The van der Waals surface area contributed by atoms with E-state index < -0.39 is 0 Å². The van der Waals surface area contributed by atoms with Crippen molar-refractivity contribution in [1.82, 2.24) is 15.3 Å². The largest absolute Gasteiger partial charge is 0.363 e. The second-order valence-electron chi connectivity index (χ2n) is 7.61. The molecular formula is C23H23FN4S. The zero-order valence-electron chi connectivity index (χ0n) is 16.1. The van der Waals surface area contributed by atoms with E-state index in [-0.39, 0.29) is 5.82 Å². The first-order valence-electron chi connectivity index (χ1n) is 10.1. The summed E-state index contributed by atoms with van der Waals surface area (Å²) in [4.78, 5) is 11.7. The van der Waals surface area contributed by atoms with Gasteiger partial charge in [-0.05, 0) is 74.8 Å². The first kappa shape index (κ1) is 18.5. The fourth-order valence-electron chi connectivity index (χ4n) is 4.17. The molecule has 0 saturated carbocycles. The Morgan fingerprint density at radius 1 is 1.03 bits per heavy atom. The lowest BCUT2D eigenvalue weighted by Gasteiger charge is -2.33. The van der Waals surface area contributed by atoms with Gasteiger partial charge in [0.1, 0.15) is 5.82 Å². The summed E-state index contributed by atoms with van der Waals surface area (Å²) in [5.41, 5.74) is 6.01. The molecule has 0 radical (unpaired) electrons. The average molecular weight is 407 g/mol. The van der Waals surface area contributed by atoms with Crippen molar-refractivity contribution < 1.29 is 4.39 Å². The predicted octanol–water partition coefficient (Wildman–Crippen LogP) is 5.13. The van der Waals surface area contributed by atoms with Crippen molar-refractivity contribution in [2.45, 2.75) is 31.8 Å². The number of nitrogens with one attached hydrogen (secondary N) is 1. The third-order valence-corrected chi connectivity index (χ3v) is 6.47. The van der Waals surface area contributed by atoms with E-state index in [2.05, 4.69) is 33.4 Å². The standard InChI is InChI=1S/C23H23FN4S/c24-17-4-7-21-16(12-17)3-5-18(27-21)14-28(19-2-1-10-25-11-9-19)20-6-8-22-23(13-20)29-15-26-22/h3-8,12-13,15,19,25H,1-2,9-11,14H2. The number of halogens is 1. The zero-order chi connectivity index (χ0) is 19.6. The number of benzene rings is 2. The molecule has 2 aromatic carbocycles. The molecule has 1 fully saturated rings. The van der Waals surface area contributed by atoms with Crippen molar-refractivity contribution in [1.29, 1.82) is 0 Å². The number of rotatable bonds is 4. The zero-order valence-corrected chi connectivity index (χ0v) is 17.0. The summed E-state index contributed by atoms with van der Waals surface area (Å²) in [6.07, 6.45) is 3.44. The van der Waals surface area contributed by atoms with Gasteiger partial charge in [-0.25, -0.2) is 9.37 Å². The van der Waals surface area contributed by atoms with Crippen molar-refractivity contribution in [3.63, 3.8) is 0 Å². The molecule has 1 aliphatic rings. The highest BCUT2D eigenvalue weighted by atomic mass is 32.1. The third kappa shape index (κ3) is 3.95. The van der Waals surface area contributed by atoms with Crippen LogP contribution >= 0.6 is 11.3 Å². The molecule has 4 nitrogen and oxygen atoms in total. The monoisotopic (exact) mass is 406 g/mol. The lowest BCUT2D eigenvalue weighted by Crippen LogP contribution is -2.35. The number of aromatic nitrogens is 2. The van der Waals surface area contributed by atoms with Crippen LogP contribution in [0.5, 0.6) is 0 Å². The summed E-state index contributed by atoms with van der Waals surface area (Å²) in [5, 5.41) is 4.35. The minimum Gasteiger partial charge on any atom is -0.363 e. The average Bonchev–Trinajstić information content (AvgIpc) is 3.04. The highest BCUT2D eigenvalue weighted by Gasteiger charge is 2.22. The maximum Gasteiger partial charge on any atom is 0.123 e. The minimum absolute atomic E-state index is 0.225. The highest BCUT2D eigenvalue weighted by molar-refractivity contribution is 7.16. The number of thiazole rings is 1. The Balaban J connectivity index is 1.51. The van der Waals surface area contributed by atoms with Gasteiger partial charge >= 0.3 is 0 Å². The van der Waals surface area contributed by atoms with Crippen LogP contribution in [0.2, 0.25) is 0 Å². The van der Waals surface area contributed by atoms with E-state index in [0.717, 1.165) is 54.6 Å². The van der Waals surface area contributed by atoms with Crippen LogP contribution in [0.4, 0.5) is 10.1 Å². The summed E-state index contributed by atoms with van der Waals surface area (Å²) in [6, 6.07) is 15.8. The molecule has 148 valence electrons. The summed E-state index contributed by atoms with van der Waals surface area (Å²) in [7, 11) is 0. The molecule has 1 aliphatic heterocycles. The van der Waals surface area contributed by atoms with Crippen molar-refractivity contribution in [2.24, 2.45) is 0 Å². The fraction of sp³-hybridized carbons (Fsp3) is 0.304. The van der Waals surface area contributed by atoms with E-state index in [4.69, 9.17) is 4.98 Å². The maximum atomic E-state index is 13.5. The smallest absolute Gasteiger partial charge is 0.123 e. The van der Waals surface area contributed by atoms with Gasteiger partial charge in [-0.1, -0.05) is 6.07 Å². The van der Waals surface area contributed by atoms with E-state index >= 15 is 0 Å². The van der Waals surface area contributed by atoms with Gasteiger partial charge in [0.2, 0.25) is 0 Å². The topological polar surface area (TPSA) is 41.1 Å². The number of hydrogen-bond acceptors (Lipinski definition) is 5. The van der Waals surface area contributed by atoms with Gasteiger partial charge in [0.15, 0.2) is 0 Å². The van der Waals surface area contributed by atoms with Crippen LogP contribution in [0.25, 0.3) is 21.1 Å². The van der Waals surface area contributed by atoms with Crippen LogP contribution in [0.15, 0.2) is 54.0 Å². The first-order chi connectivity index (χ1) is 14.3. The van der Waals surface area contributed by atoms with E-state index in [0.29, 0.717) is 6.04 Å². The van der Waals surface area contributed by atoms with Crippen LogP contribution in [0.1, 0.15) is 25.0 Å².